The zero-order valence-electron chi connectivity index (χ0n) is 8.79. The van der Waals surface area contributed by atoms with Crippen molar-refractivity contribution in [3.05, 3.63) is 35.4 Å². The average Bonchev–Trinajstić information content (AvgIpc) is 2.27. The molecule has 1 aromatic carbocycles. The smallest absolute Gasteiger partial charge is 0.179 e. The van der Waals surface area contributed by atoms with E-state index < -0.39 is 0 Å². The van der Waals surface area contributed by atoms with Crippen molar-refractivity contribution < 1.29 is 4.79 Å². The summed E-state index contributed by atoms with van der Waals surface area (Å²) in [6.07, 6.45) is 1.64. The van der Waals surface area contributed by atoms with Gasteiger partial charge in [-0.3, -0.25) is 4.79 Å². The number of nitrogens with two attached hydrogens (primary N) is 1. The first-order valence-electron chi connectivity index (χ1n) is 5.07. The van der Waals surface area contributed by atoms with E-state index >= 15 is 0 Å². The van der Waals surface area contributed by atoms with Gasteiger partial charge in [0.2, 0.25) is 0 Å². The van der Waals surface area contributed by atoms with Crippen LogP contribution in [0.2, 0.25) is 0 Å². The fourth-order valence-electron chi connectivity index (χ4n) is 1.34. The molecule has 0 saturated carbocycles. The summed E-state index contributed by atoms with van der Waals surface area (Å²) in [7, 11) is 0. The number of Topliss-reactive ketones (excluding diaryl/α,β-unsaturated/α-hetero) is 1. The molecule has 0 fully saturated rings. The highest BCUT2D eigenvalue weighted by molar-refractivity contribution is 6.00. The van der Waals surface area contributed by atoms with Crippen molar-refractivity contribution in [3.63, 3.8) is 0 Å². The third-order valence-corrected chi connectivity index (χ3v) is 2.40. The fraction of sp³-hybridized carbons (Fsp3) is 0.417. The Bertz CT molecular complexity index is 320. The van der Waals surface area contributed by atoms with E-state index in [1.165, 1.54) is 5.56 Å². The van der Waals surface area contributed by atoms with E-state index in [0.29, 0.717) is 6.42 Å². The van der Waals surface area contributed by atoms with Gasteiger partial charge in [-0.1, -0.05) is 32.0 Å². The van der Waals surface area contributed by atoms with Gasteiger partial charge < -0.3 is 5.73 Å². The Balaban J connectivity index is 2.90. The van der Waals surface area contributed by atoms with E-state index in [1.807, 2.05) is 31.2 Å². The molecule has 0 bridgehead atoms. The second kappa shape index (κ2) is 4.91. The van der Waals surface area contributed by atoms with Crippen molar-refractivity contribution in [2.45, 2.75) is 32.7 Å². The highest BCUT2D eigenvalue weighted by Crippen LogP contribution is 2.09. The Kier molecular flexibility index (Phi) is 3.84. The van der Waals surface area contributed by atoms with E-state index in [9.17, 15) is 4.79 Å². The maximum atomic E-state index is 11.7. The van der Waals surface area contributed by atoms with Crippen LogP contribution in [0, 0.1) is 0 Å². The highest BCUT2D eigenvalue weighted by Gasteiger charge is 2.13. The number of carbonyl (C=O) groups is 1. The van der Waals surface area contributed by atoms with Gasteiger partial charge in [0.15, 0.2) is 5.78 Å². The van der Waals surface area contributed by atoms with Gasteiger partial charge >= 0.3 is 0 Å². The summed E-state index contributed by atoms with van der Waals surface area (Å²) in [6.45, 7) is 4.00. The highest BCUT2D eigenvalue weighted by atomic mass is 16.1. The molecule has 1 rings (SSSR count). The molecule has 0 aromatic heterocycles. The molecule has 0 aliphatic rings. The van der Waals surface area contributed by atoms with Crippen LogP contribution in [0.15, 0.2) is 24.3 Å². The molecule has 14 heavy (non-hydrogen) atoms. The van der Waals surface area contributed by atoms with Crippen LogP contribution in [0.3, 0.4) is 0 Å². The van der Waals surface area contributed by atoms with Crippen molar-refractivity contribution in [2.75, 3.05) is 0 Å². The second-order valence-electron chi connectivity index (χ2n) is 3.43. The fourth-order valence-corrected chi connectivity index (χ4v) is 1.34. The molecule has 0 aliphatic carbocycles. The summed E-state index contributed by atoms with van der Waals surface area (Å²) in [5.74, 6) is 0.0443. The second-order valence-corrected chi connectivity index (χ2v) is 3.43. The number of aryl methyl sites for hydroxylation is 1. The van der Waals surface area contributed by atoms with Gasteiger partial charge in [0.1, 0.15) is 0 Å². The zero-order valence-corrected chi connectivity index (χ0v) is 8.79. The summed E-state index contributed by atoms with van der Waals surface area (Å²) >= 11 is 0. The van der Waals surface area contributed by atoms with Crippen LogP contribution in [-0.4, -0.2) is 11.8 Å². The minimum Gasteiger partial charge on any atom is -0.321 e. The molecule has 2 N–H and O–H groups in total. The normalized spacial score (nSPS) is 12.5. The van der Waals surface area contributed by atoms with Crippen molar-refractivity contribution in [3.8, 4) is 0 Å². The standard InChI is InChI=1S/C12H17NO/c1-3-9-6-5-7-10(8-9)12(14)11(13)4-2/h5-8,11H,3-4,13H2,1-2H3. The molecule has 0 aliphatic heterocycles. The quantitative estimate of drug-likeness (QED) is 0.741. The lowest BCUT2D eigenvalue weighted by Crippen LogP contribution is -2.29. The lowest BCUT2D eigenvalue weighted by Gasteiger charge is -2.08. The molecule has 0 saturated heterocycles. The topological polar surface area (TPSA) is 43.1 Å². The summed E-state index contributed by atoms with van der Waals surface area (Å²) in [5.41, 5.74) is 7.61. The van der Waals surface area contributed by atoms with Gasteiger partial charge in [0.25, 0.3) is 0 Å². The van der Waals surface area contributed by atoms with Crippen LogP contribution in [0.4, 0.5) is 0 Å². The van der Waals surface area contributed by atoms with Gasteiger partial charge in [0.05, 0.1) is 6.04 Å². The summed E-state index contributed by atoms with van der Waals surface area (Å²) < 4.78 is 0. The Hall–Kier alpha value is -1.15. The SMILES string of the molecule is CCc1cccc(C(=O)C(N)CC)c1. The van der Waals surface area contributed by atoms with Crippen molar-refractivity contribution >= 4 is 5.78 Å². The molecule has 0 radical (unpaired) electrons. The zero-order chi connectivity index (χ0) is 10.6. The molecule has 2 heteroatoms. The Morgan fingerprint density at radius 1 is 1.43 bits per heavy atom. The molecule has 1 aromatic rings. The summed E-state index contributed by atoms with van der Waals surface area (Å²) in [4.78, 5) is 11.7. The van der Waals surface area contributed by atoms with Crippen LogP contribution < -0.4 is 5.73 Å². The monoisotopic (exact) mass is 191 g/mol. The predicted octanol–water partition coefficient (Wildman–Crippen LogP) is 2.17. The lowest BCUT2D eigenvalue weighted by molar-refractivity contribution is 0.0959. The Morgan fingerprint density at radius 3 is 2.71 bits per heavy atom. The summed E-state index contributed by atoms with van der Waals surface area (Å²) in [6, 6.07) is 7.33. The van der Waals surface area contributed by atoms with Crippen LogP contribution in [0.5, 0.6) is 0 Å². The van der Waals surface area contributed by atoms with Crippen molar-refractivity contribution in [1.29, 1.82) is 0 Å². The number of benzene rings is 1. The Morgan fingerprint density at radius 2 is 2.14 bits per heavy atom. The van der Waals surface area contributed by atoms with E-state index in [-0.39, 0.29) is 11.8 Å². The number of carbonyl (C=O) groups excluding carboxylic acids is 1. The van der Waals surface area contributed by atoms with Crippen molar-refractivity contribution in [2.24, 2.45) is 5.73 Å². The van der Waals surface area contributed by atoms with Gasteiger partial charge in [-0.25, -0.2) is 0 Å². The number of hydrogen-bond donors (Lipinski definition) is 1. The average molecular weight is 191 g/mol. The third kappa shape index (κ3) is 2.42. The minimum absolute atomic E-state index is 0.0443. The van der Waals surface area contributed by atoms with Crippen LogP contribution in [-0.2, 0) is 6.42 Å². The third-order valence-electron chi connectivity index (χ3n) is 2.40. The first-order chi connectivity index (χ1) is 6.69. The van der Waals surface area contributed by atoms with Crippen LogP contribution in [0.25, 0.3) is 0 Å². The molecule has 1 atom stereocenters. The largest absolute Gasteiger partial charge is 0.321 e. The maximum Gasteiger partial charge on any atom is 0.179 e. The predicted molar refractivity (Wildman–Crippen MR) is 58.4 cm³/mol. The molecular formula is C12H17NO. The number of ketones is 1. The van der Waals surface area contributed by atoms with Crippen molar-refractivity contribution in [1.82, 2.24) is 0 Å². The van der Waals surface area contributed by atoms with Crippen LogP contribution >= 0.6 is 0 Å². The van der Waals surface area contributed by atoms with E-state index in [4.69, 9.17) is 5.73 Å². The van der Waals surface area contributed by atoms with Gasteiger partial charge in [0, 0.05) is 5.56 Å². The molecule has 1 unspecified atom stereocenters. The van der Waals surface area contributed by atoms with Gasteiger partial charge in [-0.05, 0) is 24.5 Å². The first-order valence-corrected chi connectivity index (χ1v) is 5.07. The molecular weight excluding hydrogens is 174 g/mol. The van der Waals surface area contributed by atoms with E-state index in [0.717, 1.165) is 12.0 Å². The molecule has 76 valence electrons. The lowest BCUT2D eigenvalue weighted by atomic mass is 10.0. The van der Waals surface area contributed by atoms with Gasteiger partial charge in [-0.15, -0.1) is 0 Å². The van der Waals surface area contributed by atoms with E-state index in [1.54, 1.807) is 0 Å². The number of rotatable bonds is 4. The first kappa shape index (κ1) is 10.9. The number of hydrogen-bond acceptors (Lipinski definition) is 2. The molecule has 0 heterocycles. The maximum absolute atomic E-state index is 11.7. The van der Waals surface area contributed by atoms with Crippen LogP contribution in [0.1, 0.15) is 36.2 Å². The van der Waals surface area contributed by atoms with Gasteiger partial charge in [-0.2, -0.15) is 0 Å². The van der Waals surface area contributed by atoms with E-state index in [2.05, 4.69) is 6.92 Å². The molecule has 0 amide bonds. The molecule has 0 spiro atoms. The Labute approximate surface area is 85.1 Å². The minimum atomic E-state index is -0.359. The molecule has 2 nitrogen and oxygen atoms in total. The summed E-state index contributed by atoms with van der Waals surface area (Å²) in [5, 5.41) is 0.